The van der Waals surface area contributed by atoms with Crippen LogP contribution in [0, 0.1) is 0 Å². The normalized spacial score (nSPS) is 12.3. The Bertz CT molecular complexity index is 842. The van der Waals surface area contributed by atoms with Crippen molar-refractivity contribution in [2.45, 2.75) is 6.61 Å². The van der Waals surface area contributed by atoms with Crippen molar-refractivity contribution in [2.75, 3.05) is 6.79 Å². The van der Waals surface area contributed by atoms with E-state index in [1.54, 1.807) is 29.5 Å². The van der Waals surface area contributed by atoms with Crippen molar-refractivity contribution in [1.29, 1.82) is 0 Å². The predicted octanol–water partition coefficient (Wildman–Crippen LogP) is 3.96. The number of carbonyl (C=O) groups excluding carboxylic acids is 1. The molecule has 1 aliphatic rings. The molecule has 2 aromatic heterocycles. The van der Waals surface area contributed by atoms with E-state index in [0.717, 1.165) is 16.3 Å². The summed E-state index contributed by atoms with van der Waals surface area (Å²) in [6.07, 6.45) is 0. The Kier molecular flexibility index (Phi) is 3.72. The minimum atomic E-state index is -0.409. The molecule has 1 aromatic carbocycles. The first-order chi connectivity index (χ1) is 11.3. The minimum absolute atomic E-state index is 0.147. The second-order valence-electron chi connectivity index (χ2n) is 4.80. The first-order valence-corrected chi connectivity index (χ1v) is 8.65. The molecule has 23 heavy (non-hydrogen) atoms. The summed E-state index contributed by atoms with van der Waals surface area (Å²) in [4.78, 5) is 16.6. The third-order valence-corrected chi connectivity index (χ3v) is 4.90. The lowest BCUT2D eigenvalue weighted by molar-refractivity contribution is 0.0468. The second kappa shape index (κ2) is 6.02. The average molecular weight is 345 g/mol. The number of thiophene rings is 1. The van der Waals surface area contributed by atoms with Crippen LogP contribution in [0.15, 0.2) is 40.4 Å². The Balaban J connectivity index is 1.42. The monoisotopic (exact) mass is 345 g/mol. The average Bonchev–Trinajstić information content (AvgIpc) is 3.32. The number of aromatic nitrogens is 1. The van der Waals surface area contributed by atoms with Crippen LogP contribution in [0.3, 0.4) is 0 Å². The predicted molar refractivity (Wildman–Crippen MR) is 87.1 cm³/mol. The van der Waals surface area contributed by atoms with Crippen molar-refractivity contribution in [3.8, 4) is 22.1 Å². The van der Waals surface area contributed by atoms with Gasteiger partial charge in [-0.3, -0.25) is 0 Å². The van der Waals surface area contributed by atoms with Crippen molar-refractivity contribution in [3.63, 3.8) is 0 Å². The molecular formula is C16H11NO4S2. The zero-order valence-electron chi connectivity index (χ0n) is 11.9. The number of esters is 1. The maximum absolute atomic E-state index is 12.1. The first kappa shape index (κ1) is 14.2. The Labute approximate surface area is 140 Å². The molecule has 0 aliphatic carbocycles. The molecule has 0 spiro atoms. The number of rotatable bonds is 4. The van der Waals surface area contributed by atoms with Gasteiger partial charge in [-0.05, 0) is 29.6 Å². The van der Waals surface area contributed by atoms with Crippen LogP contribution in [0.5, 0.6) is 11.5 Å². The van der Waals surface area contributed by atoms with Gasteiger partial charge < -0.3 is 14.2 Å². The first-order valence-electron chi connectivity index (χ1n) is 6.83. The Morgan fingerprint density at radius 2 is 2.13 bits per heavy atom. The molecule has 3 aromatic rings. The highest BCUT2D eigenvalue weighted by atomic mass is 32.1. The van der Waals surface area contributed by atoms with Gasteiger partial charge in [0.05, 0.1) is 11.3 Å². The quantitative estimate of drug-likeness (QED) is 0.670. The standard InChI is InChI=1S/C16H11NO4S2/c18-16(10-1-2-13-14(5-10)21-9-20-13)19-6-12-8-23-15(17-12)11-3-4-22-7-11/h1-5,7-8H,6,9H2. The van der Waals surface area contributed by atoms with Crippen LogP contribution < -0.4 is 9.47 Å². The summed E-state index contributed by atoms with van der Waals surface area (Å²) in [6, 6.07) is 7.01. The van der Waals surface area contributed by atoms with Crippen LogP contribution in [0.1, 0.15) is 16.1 Å². The SMILES string of the molecule is O=C(OCc1csc(-c2ccsc2)n1)c1ccc2c(c1)OCO2. The molecule has 4 rings (SSSR count). The van der Waals surface area contributed by atoms with Crippen LogP contribution >= 0.6 is 22.7 Å². The van der Waals surface area contributed by atoms with Gasteiger partial charge in [-0.25, -0.2) is 9.78 Å². The summed E-state index contributed by atoms with van der Waals surface area (Å²) >= 11 is 3.17. The van der Waals surface area contributed by atoms with Crippen molar-refractivity contribution in [1.82, 2.24) is 4.98 Å². The van der Waals surface area contributed by atoms with E-state index in [2.05, 4.69) is 4.98 Å². The molecule has 0 N–H and O–H groups in total. The maximum Gasteiger partial charge on any atom is 0.338 e. The van der Waals surface area contributed by atoms with E-state index < -0.39 is 5.97 Å². The highest BCUT2D eigenvalue weighted by Gasteiger charge is 2.17. The Hall–Kier alpha value is -2.38. The number of fused-ring (bicyclic) bond motifs is 1. The molecule has 0 amide bonds. The van der Waals surface area contributed by atoms with E-state index in [1.165, 1.54) is 11.3 Å². The molecule has 5 nitrogen and oxygen atoms in total. The lowest BCUT2D eigenvalue weighted by Gasteiger charge is -2.04. The summed E-state index contributed by atoms with van der Waals surface area (Å²) in [7, 11) is 0. The zero-order chi connectivity index (χ0) is 15.6. The van der Waals surface area contributed by atoms with Gasteiger partial charge in [-0.15, -0.1) is 11.3 Å². The van der Waals surface area contributed by atoms with Crippen LogP contribution in [0.25, 0.3) is 10.6 Å². The molecule has 0 radical (unpaired) electrons. The van der Waals surface area contributed by atoms with Gasteiger partial charge in [-0.1, -0.05) is 0 Å². The topological polar surface area (TPSA) is 57.7 Å². The van der Waals surface area contributed by atoms with Gasteiger partial charge >= 0.3 is 5.97 Å². The zero-order valence-corrected chi connectivity index (χ0v) is 13.5. The Morgan fingerprint density at radius 1 is 1.22 bits per heavy atom. The van der Waals surface area contributed by atoms with Crippen molar-refractivity contribution in [3.05, 3.63) is 51.7 Å². The molecule has 0 bridgehead atoms. The summed E-state index contributed by atoms with van der Waals surface area (Å²) in [5.41, 5.74) is 2.26. The third-order valence-electron chi connectivity index (χ3n) is 3.28. The highest BCUT2D eigenvalue weighted by molar-refractivity contribution is 7.14. The summed E-state index contributed by atoms with van der Waals surface area (Å²) in [6.45, 7) is 0.325. The fourth-order valence-electron chi connectivity index (χ4n) is 2.14. The molecule has 0 saturated heterocycles. The summed E-state index contributed by atoms with van der Waals surface area (Å²) < 4.78 is 15.8. The smallest absolute Gasteiger partial charge is 0.338 e. The van der Waals surface area contributed by atoms with Crippen LogP contribution in [-0.4, -0.2) is 17.7 Å². The maximum atomic E-state index is 12.1. The van der Waals surface area contributed by atoms with Crippen LogP contribution in [0.4, 0.5) is 0 Å². The van der Waals surface area contributed by atoms with Gasteiger partial charge in [0.25, 0.3) is 0 Å². The molecule has 3 heterocycles. The van der Waals surface area contributed by atoms with Crippen molar-refractivity contribution < 1.29 is 19.0 Å². The van der Waals surface area contributed by atoms with Crippen LogP contribution in [-0.2, 0) is 11.3 Å². The number of hydrogen-bond acceptors (Lipinski definition) is 7. The fraction of sp³-hybridized carbons (Fsp3) is 0.125. The van der Waals surface area contributed by atoms with E-state index in [-0.39, 0.29) is 13.4 Å². The molecule has 0 atom stereocenters. The summed E-state index contributed by atoms with van der Waals surface area (Å²) in [5.74, 6) is 0.794. The molecule has 0 fully saturated rings. The molecular weight excluding hydrogens is 334 g/mol. The van der Waals surface area contributed by atoms with E-state index in [4.69, 9.17) is 14.2 Å². The van der Waals surface area contributed by atoms with Gasteiger partial charge in [0.2, 0.25) is 6.79 Å². The van der Waals surface area contributed by atoms with E-state index >= 15 is 0 Å². The number of nitrogens with zero attached hydrogens (tertiary/aromatic N) is 1. The number of carbonyl (C=O) groups is 1. The number of thiazole rings is 1. The molecule has 7 heteroatoms. The van der Waals surface area contributed by atoms with Crippen molar-refractivity contribution in [2.24, 2.45) is 0 Å². The Morgan fingerprint density at radius 3 is 3.00 bits per heavy atom. The molecule has 116 valence electrons. The van der Waals surface area contributed by atoms with Gasteiger partial charge in [0, 0.05) is 16.3 Å². The fourth-order valence-corrected chi connectivity index (χ4v) is 3.65. The van der Waals surface area contributed by atoms with Gasteiger partial charge in [-0.2, -0.15) is 11.3 Å². The van der Waals surface area contributed by atoms with Crippen LogP contribution in [0.2, 0.25) is 0 Å². The second-order valence-corrected chi connectivity index (χ2v) is 6.44. The van der Waals surface area contributed by atoms with Crippen molar-refractivity contribution >= 4 is 28.6 Å². The van der Waals surface area contributed by atoms with E-state index in [1.807, 2.05) is 22.2 Å². The van der Waals surface area contributed by atoms with E-state index in [0.29, 0.717) is 17.1 Å². The molecule has 1 aliphatic heterocycles. The highest BCUT2D eigenvalue weighted by Crippen LogP contribution is 2.32. The van der Waals surface area contributed by atoms with Gasteiger partial charge in [0.1, 0.15) is 11.6 Å². The molecule has 0 unspecified atom stereocenters. The summed E-state index contributed by atoms with van der Waals surface area (Å²) in [5, 5.41) is 6.89. The van der Waals surface area contributed by atoms with E-state index in [9.17, 15) is 4.79 Å². The minimum Gasteiger partial charge on any atom is -0.456 e. The largest absolute Gasteiger partial charge is 0.456 e. The van der Waals surface area contributed by atoms with Gasteiger partial charge in [0.15, 0.2) is 11.5 Å². The number of hydrogen-bond donors (Lipinski definition) is 0. The molecule has 0 saturated carbocycles. The number of benzene rings is 1. The lowest BCUT2D eigenvalue weighted by atomic mass is 10.2. The third kappa shape index (κ3) is 2.93. The lowest BCUT2D eigenvalue weighted by Crippen LogP contribution is -2.05. The number of ether oxygens (including phenoxy) is 3.